The van der Waals surface area contributed by atoms with Gasteiger partial charge in [0.05, 0.1) is 0 Å². The van der Waals surface area contributed by atoms with Gasteiger partial charge >= 0.3 is 0 Å². The minimum Gasteiger partial charge on any atom is -0.300 e. The molecule has 38 heavy (non-hydrogen) atoms. The quantitative estimate of drug-likeness (QED) is 0.188. The van der Waals surface area contributed by atoms with Crippen molar-refractivity contribution < 1.29 is 0 Å². The Bertz CT molecular complexity index is 1390. The summed E-state index contributed by atoms with van der Waals surface area (Å²) < 4.78 is 0. The normalized spacial score (nSPS) is 16.7. The highest BCUT2D eigenvalue weighted by Crippen LogP contribution is 2.40. The van der Waals surface area contributed by atoms with Crippen molar-refractivity contribution in [3.05, 3.63) is 133 Å². The number of rotatable bonds is 9. The van der Waals surface area contributed by atoms with E-state index in [9.17, 15) is 0 Å². The van der Waals surface area contributed by atoms with Gasteiger partial charge in [-0.1, -0.05) is 133 Å². The Hall–Kier alpha value is -2.82. The molecule has 5 aromatic carbocycles. The minimum atomic E-state index is -0.430. The van der Waals surface area contributed by atoms with Crippen molar-refractivity contribution in [2.45, 2.75) is 18.9 Å². The van der Waals surface area contributed by atoms with Crippen LogP contribution in [0.4, 0.5) is 0 Å². The second kappa shape index (κ2) is 12.4. The summed E-state index contributed by atoms with van der Waals surface area (Å²) in [4.78, 5) is 2.82. The third-order valence-electron chi connectivity index (χ3n) is 7.76. The Morgan fingerprint density at radius 3 is 1.79 bits per heavy atom. The smallest absolute Gasteiger partial charge is 0.0141 e. The van der Waals surface area contributed by atoms with Gasteiger partial charge in [-0.25, -0.2) is 0 Å². The van der Waals surface area contributed by atoms with E-state index in [0.717, 1.165) is 0 Å². The lowest BCUT2D eigenvalue weighted by Crippen LogP contribution is -2.36. The van der Waals surface area contributed by atoms with Crippen molar-refractivity contribution in [2.24, 2.45) is 0 Å². The topological polar surface area (TPSA) is 3.24 Å². The highest BCUT2D eigenvalue weighted by molar-refractivity contribution is 7.73. The number of fused-ring (bicyclic) bond motifs is 1. The van der Waals surface area contributed by atoms with Gasteiger partial charge in [0.15, 0.2) is 0 Å². The Kier molecular flexibility index (Phi) is 8.28. The first kappa shape index (κ1) is 25.5. The average molecular weight is 532 g/mol. The van der Waals surface area contributed by atoms with E-state index in [1.54, 1.807) is 0 Å². The molecule has 1 fully saturated rings. The van der Waals surface area contributed by atoms with Crippen LogP contribution in [0, 0.1) is 0 Å². The Balaban J connectivity index is 1.25. The molecule has 1 aliphatic heterocycles. The highest BCUT2D eigenvalue weighted by Gasteiger charge is 2.29. The number of hydrogen-bond acceptors (Lipinski definition) is 1. The molecule has 1 heterocycles. The molecule has 5 aromatic rings. The zero-order chi connectivity index (χ0) is 25.6. The predicted octanol–water partition coefficient (Wildman–Crippen LogP) is 6.87. The summed E-state index contributed by atoms with van der Waals surface area (Å²) in [6.07, 6.45) is 5.09. The maximum Gasteiger partial charge on any atom is 0.0141 e. The summed E-state index contributed by atoms with van der Waals surface area (Å²) in [6, 6.07) is 50.2. The standard InChI is InChI=1S/C35H35NP2/c1-4-17-31(18-5-1)37(35-24-12-15-29-14-10-11-23-34(29)35)27-26-36-25-13-16-30(36)28-38(32-19-6-2-7-20-32)33-21-8-3-9-22-33/h1-12,14-15,17-24,30H,13,16,25-28H2/t30-,37?/m0/s1. The van der Waals surface area contributed by atoms with Gasteiger partial charge in [-0.3, -0.25) is 4.90 Å². The van der Waals surface area contributed by atoms with Crippen LogP contribution in [-0.4, -0.2) is 36.4 Å². The molecule has 0 N–H and O–H groups in total. The Labute approximate surface area is 230 Å². The van der Waals surface area contributed by atoms with E-state index in [4.69, 9.17) is 0 Å². The van der Waals surface area contributed by atoms with Crippen LogP contribution in [0.5, 0.6) is 0 Å². The van der Waals surface area contributed by atoms with Crippen molar-refractivity contribution in [1.82, 2.24) is 4.90 Å². The highest BCUT2D eigenvalue weighted by atomic mass is 31.1. The van der Waals surface area contributed by atoms with Crippen LogP contribution in [-0.2, 0) is 0 Å². The second-order valence-electron chi connectivity index (χ2n) is 10.1. The molecule has 0 spiro atoms. The molecule has 1 saturated heterocycles. The summed E-state index contributed by atoms with van der Waals surface area (Å²) >= 11 is 0. The molecular weight excluding hydrogens is 496 g/mol. The molecule has 0 bridgehead atoms. The lowest BCUT2D eigenvalue weighted by atomic mass is 10.1. The lowest BCUT2D eigenvalue weighted by Gasteiger charge is -2.31. The summed E-state index contributed by atoms with van der Waals surface area (Å²) in [6.45, 7) is 2.39. The van der Waals surface area contributed by atoms with Crippen LogP contribution in [0.1, 0.15) is 12.8 Å². The zero-order valence-electron chi connectivity index (χ0n) is 21.9. The van der Waals surface area contributed by atoms with Gasteiger partial charge in [-0.05, 0) is 79.5 Å². The molecule has 1 nitrogen and oxygen atoms in total. The molecule has 1 unspecified atom stereocenters. The maximum atomic E-state index is 2.82. The predicted molar refractivity (Wildman–Crippen MR) is 170 cm³/mol. The third-order valence-corrected chi connectivity index (χ3v) is 12.9. The molecule has 0 aromatic heterocycles. The first-order valence-corrected chi connectivity index (χ1v) is 16.8. The molecule has 2 atom stereocenters. The summed E-state index contributed by atoms with van der Waals surface area (Å²) in [5.74, 6) is 0. The van der Waals surface area contributed by atoms with Crippen LogP contribution in [0.2, 0.25) is 0 Å². The first-order valence-electron chi connectivity index (χ1n) is 13.8. The van der Waals surface area contributed by atoms with Crippen LogP contribution >= 0.6 is 15.8 Å². The third kappa shape index (κ3) is 5.77. The van der Waals surface area contributed by atoms with E-state index >= 15 is 0 Å². The molecular formula is C35H35NP2. The van der Waals surface area contributed by atoms with Gasteiger partial charge in [-0.2, -0.15) is 0 Å². The van der Waals surface area contributed by atoms with Gasteiger partial charge in [-0.15, -0.1) is 0 Å². The van der Waals surface area contributed by atoms with Crippen LogP contribution in [0.15, 0.2) is 133 Å². The average Bonchev–Trinajstić information content (AvgIpc) is 3.44. The van der Waals surface area contributed by atoms with E-state index in [1.165, 1.54) is 70.2 Å². The summed E-state index contributed by atoms with van der Waals surface area (Å²) in [5, 5.41) is 8.79. The molecule has 1 aliphatic rings. The van der Waals surface area contributed by atoms with Crippen LogP contribution < -0.4 is 21.2 Å². The number of nitrogens with zero attached hydrogens (tertiary/aromatic N) is 1. The molecule has 0 radical (unpaired) electrons. The molecule has 0 aliphatic carbocycles. The zero-order valence-corrected chi connectivity index (χ0v) is 23.7. The number of benzene rings is 5. The number of hydrogen-bond donors (Lipinski definition) is 0. The first-order chi connectivity index (χ1) is 18.9. The largest absolute Gasteiger partial charge is 0.300 e. The van der Waals surface area contributed by atoms with Gasteiger partial charge in [0.1, 0.15) is 0 Å². The molecule has 3 heteroatoms. The lowest BCUT2D eigenvalue weighted by molar-refractivity contribution is 0.289. The van der Waals surface area contributed by atoms with Gasteiger partial charge in [0.2, 0.25) is 0 Å². The molecule has 190 valence electrons. The molecule has 0 amide bonds. The van der Waals surface area contributed by atoms with Crippen molar-refractivity contribution in [2.75, 3.05) is 25.4 Å². The van der Waals surface area contributed by atoms with Crippen LogP contribution in [0.25, 0.3) is 10.8 Å². The van der Waals surface area contributed by atoms with Crippen molar-refractivity contribution in [1.29, 1.82) is 0 Å². The fourth-order valence-electron chi connectivity index (χ4n) is 5.85. The van der Waals surface area contributed by atoms with E-state index in [-0.39, 0.29) is 7.92 Å². The minimum absolute atomic E-state index is 0.362. The Morgan fingerprint density at radius 1 is 0.579 bits per heavy atom. The van der Waals surface area contributed by atoms with Crippen molar-refractivity contribution >= 4 is 47.8 Å². The monoisotopic (exact) mass is 531 g/mol. The van der Waals surface area contributed by atoms with Crippen molar-refractivity contribution in [3.8, 4) is 0 Å². The SMILES string of the molecule is c1ccc(P(C[C@@H]2CCCN2CCP(c2ccccc2)c2cccc3ccccc23)c2ccccc2)cc1. The summed E-state index contributed by atoms with van der Waals surface area (Å²) in [7, 11) is -0.792. The van der Waals surface area contributed by atoms with E-state index in [2.05, 4.69) is 138 Å². The van der Waals surface area contributed by atoms with Crippen LogP contribution in [0.3, 0.4) is 0 Å². The van der Waals surface area contributed by atoms with E-state index < -0.39 is 7.92 Å². The molecule has 0 saturated carbocycles. The number of likely N-dealkylation sites (tertiary alicyclic amines) is 1. The van der Waals surface area contributed by atoms with Gasteiger partial charge in [0.25, 0.3) is 0 Å². The van der Waals surface area contributed by atoms with Gasteiger partial charge in [0, 0.05) is 12.6 Å². The van der Waals surface area contributed by atoms with E-state index in [1.807, 2.05) is 0 Å². The summed E-state index contributed by atoms with van der Waals surface area (Å²) in [5.41, 5.74) is 0. The fraction of sp³-hybridized carbons (Fsp3) is 0.200. The molecule has 6 rings (SSSR count). The van der Waals surface area contributed by atoms with Crippen molar-refractivity contribution in [3.63, 3.8) is 0 Å². The maximum absolute atomic E-state index is 2.82. The Morgan fingerprint density at radius 2 is 1.13 bits per heavy atom. The van der Waals surface area contributed by atoms with E-state index in [0.29, 0.717) is 6.04 Å². The fourth-order valence-corrected chi connectivity index (χ4v) is 11.0. The second-order valence-corrected chi connectivity index (χ2v) is 14.7. The van der Waals surface area contributed by atoms with Gasteiger partial charge < -0.3 is 0 Å².